The number of carbonyl (C=O) groups is 1. The van der Waals surface area contributed by atoms with Crippen molar-refractivity contribution >= 4 is 28.5 Å². The van der Waals surface area contributed by atoms with E-state index in [1.54, 1.807) is 18.2 Å². The molecule has 0 spiro atoms. The standard InChI is InChI=1S/C16H9ClFNO4/c17-11-5-9-13(7-2-1-3-8(18)4-7)19-23-14(9)10-6-12(16(20)21)22-15(10)11/h1-5,12H,6H2,(H,20,21). The molecule has 0 fully saturated rings. The van der Waals surface area contributed by atoms with Gasteiger partial charge in [-0.25, -0.2) is 9.18 Å². The number of aromatic nitrogens is 1. The lowest BCUT2D eigenvalue weighted by molar-refractivity contribution is -0.144. The molecule has 1 aliphatic rings. The van der Waals surface area contributed by atoms with Crippen LogP contribution in [0.3, 0.4) is 0 Å². The zero-order valence-electron chi connectivity index (χ0n) is 11.5. The summed E-state index contributed by atoms with van der Waals surface area (Å²) in [6, 6.07) is 7.55. The van der Waals surface area contributed by atoms with E-state index in [0.29, 0.717) is 33.5 Å². The number of halogens is 2. The smallest absolute Gasteiger partial charge is 0.345 e. The Balaban J connectivity index is 1.91. The van der Waals surface area contributed by atoms with Crippen molar-refractivity contribution in [1.82, 2.24) is 5.16 Å². The molecule has 2 aromatic carbocycles. The van der Waals surface area contributed by atoms with Gasteiger partial charge in [-0.05, 0) is 18.2 Å². The van der Waals surface area contributed by atoms with E-state index in [-0.39, 0.29) is 17.3 Å². The second-order valence-electron chi connectivity index (χ2n) is 5.23. The summed E-state index contributed by atoms with van der Waals surface area (Å²) in [5.74, 6) is -1.16. The topological polar surface area (TPSA) is 72.6 Å². The van der Waals surface area contributed by atoms with Crippen LogP contribution in [0.5, 0.6) is 5.75 Å². The number of rotatable bonds is 2. The normalized spacial score (nSPS) is 16.3. The first-order valence-electron chi connectivity index (χ1n) is 6.81. The summed E-state index contributed by atoms with van der Waals surface area (Å²) in [6.45, 7) is 0. The zero-order chi connectivity index (χ0) is 16.1. The van der Waals surface area contributed by atoms with Crippen LogP contribution in [0.15, 0.2) is 34.9 Å². The number of hydrogen-bond acceptors (Lipinski definition) is 4. The SMILES string of the molecule is O=C(O)C1Cc2c(c(Cl)cc3c(-c4cccc(F)c4)noc23)O1. The van der Waals surface area contributed by atoms with Crippen molar-refractivity contribution in [2.24, 2.45) is 0 Å². The molecule has 0 radical (unpaired) electrons. The Kier molecular flexibility index (Phi) is 3.02. The van der Waals surface area contributed by atoms with Crippen LogP contribution >= 0.6 is 11.6 Å². The molecular formula is C16H9ClFNO4. The Bertz CT molecular complexity index is 953. The third kappa shape index (κ3) is 2.14. The predicted molar refractivity (Wildman–Crippen MR) is 80.2 cm³/mol. The van der Waals surface area contributed by atoms with Crippen molar-refractivity contribution in [3.8, 4) is 17.0 Å². The summed E-state index contributed by atoms with van der Waals surface area (Å²) in [4.78, 5) is 11.1. The summed E-state index contributed by atoms with van der Waals surface area (Å²) < 4.78 is 24.2. The second-order valence-corrected chi connectivity index (χ2v) is 5.64. The molecule has 5 nitrogen and oxygen atoms in total. The first kappa shape index (κ1) is 14.0. The van der Waals surface area contributed by atoms with Crippen LogP contribution < -0.4 is 4.74 Å². The number of ether oxygens (including phenoxy) is 1. The van der Waals surface area contributed by atoms with Gasteiger partial charge in [-0.15, -0.1) is 0 Å². The van der Waals surface area contributed by atoms with Gasteiger partial charge in [0, 0.05) is 17.5 Å². The van der Waals surface area contributed by atoms with E-state index in [2.05, 4.69) is 5.16 Å². The highest BCUT2D eigenvalue weighted by Gasteiger charge is 2.34. The molecule has 0 bridgehead atoms. The van der Waals surface area contributed by atoms with E-state index in [1.807, 2.05) is 0 Å². The minimum Gasteiger partial charge on any atom is -0.478 e. The van der Waals surface area contributed by atoms with Crippen molar-refractivity contribution in [3.05, 3.63) is 46.7 Å². The van der Waals surface area contributed by atoms with E-state index >= 15 is 0 Å². The molecule has 2 heterocycles. The van der Waals surface area contributed by atoms with Crippen LogP contribution in [0.4, 0.5) is 4.39 Å². The fourth-order valence-electron chi connectivity index (χ4n) is 2.75. The molecule has 0 amide bonds. The van der Waals surface area contributed by atoms with Crippen LogP contribution in [0.2, 0.25) is 5.02 Å². The van der Waals surface area contributed by atoms with Crippen LogP contribution in [0, 0.1) is 5.82 Å². The van der Waals surface area contributed by atoms with Crippen LogP contribution in [-0.4, -0.2) is 22.3 Å². The molecule has 1 aliphatic heterocycles. The number of fused-ring (bicyclic) bond motifs is 3. The van der Waals surface area contributed by atoms with Crippen LogP contribution in [0.25, 0.3) is 22.2 Å². The average molecular weight is 334 g/mol. The molecule has 7 heteroatoms. The Morgan fingerprint density at radius 3 is 2.96 bits per heavy atom. The Labute approximate surface area is 134 Å². The van der Waals surface area contributed by atoms with Crippen molar-refractivity contribution in [1.29, 1.82) is 0 Å². The van der Waals surface area contributed by atoms with Crippen molar-refractivity contribution in [2.75, 3.05) is 0 Å². The first-order chi connectivity index (χ1) is 11.0. The highest BCUT2D eigenvalue weighted by molar-refractivity contribution is 6.33. The Morgan fingerprint density at radius 2 is 2.22 bits per heavy atom. The van der Waals surface area contributed by atoms with Gasteiger partial charge in [-0.3, -0.25) is 0 Å². The largest absolute Gasteiger partial charge is 0.478 e. The summed E-state index contributed by atoms with van der Waals surface area (Å²) in [5, 5.41) is 14.0. The number of hydrogen-bond donors (Lipinski definition) is 1. The van der Waals surface area contributed by atoms with E-state index in [1.165, 1.54) is 12.1 Å². The van der Waals surface area contributed by atoms with Gasteiger partial charge in [-0.2, -0.15) is 0 Å². The molecule has 1 N–H and O–H groups in total. The summed E-state index contributed by atoms with van der Waals surface area (Å²) in [6.07, 6.45) is -0.865. The molecule has 3 aromatic rings. The van der Waals surface area contributed by atoms with Gasteiger partial charge in [0.05, 0.1) is 10.4 Å². The first-order valence-corrected chi connectivity index (χ1v) is 7.18. The van der Waals surface area contributed by atoms with Gasteiger partial charge in [0.25, 0.3) is 0 Å². The monoisotopic (exact) mass is 333 g/mol. The van der Waals surface area contributed by atoms with E-state index in [0.717, 1.165) is 0 Å². The number of carboxylic acids is 1. The fourth-order valence-corrected chi connectivity index (χ4v) is 3.02. The molecule has 0 aliphatic carbocycles. The number of carboxylic acid groups (broad SMARTS) is 1. The number of nitrogens with zero attached hydrogens (tertiary/aromatic N) is 1. The van der Waals surface area contributed by atoms with Crippen molar-refractivity contribution in [3.63, 3.8) is 0 Å². The highest BCUT2D eigenvalue weighted by atomic mass is 35.5. The lowest BCUT2D eigenvalue weighted by Gasteiger charge is -2.05. The predicted octanol–water partition coefficient (Wildman–Crippen LogP) is 3.68. The van der Waals surface area contributed by atoms with Crippen molar-refractivity contribution < 1.29 is 23.6 Å². The van der Waals surface area contributed by atoms with Gasteiger partial charge in [0.15, 0.2) is 11.7 Å². The molecule has 0 saturated heterocycles. The molecule has 1 aromatic heterocycles. The lowest BCUT2D eigenvalue weighted by atomic mass is 10.0. The number of benzene rings is 2. The quantitative estimate of drug-likeness (QED) is 0.774. The zero-order valence-corrected chi connectivity index (χ0v) is 12.3. The van der Waals surface area contributed by atoms with Gasteiger partial charge in [0.2, 0.25) is 0 Å². The van der Waals surface area contributed by atoms with Gasteiger partial charge in [-0.1, -0.05) is 28.9 Å². The summed E-state index contributed by atoms with van der Waals surface area (Å²) in [7, 11) is 0. The lowest BCUT2D eigenvalue weighted by Crippen LogP contribution is -2.24. The van der Waals surface area contributed by atoms with E-state index in [9.17, 15) is 9.18 Å². The maximum Gasteiger partial charge on any atom is 0.345 e. The van der Waals surface area contributed by atoms with E-state index in [4.69, 9.17) is 26.0 Å². The van der Waals surface area contributed by atoms with Gasteiger partial charge >= 0.3 is 5.97 Å². The van der Waals surface area contributed by atoms with Crippen LogP contribution in [-0.2, 0) is 11.2 Å². The summed E-state index contributed by atoms with van der Waals surface area (Å²) in [5.41, 5.74) is 1.97. The van der Waals surface area contributed by atoms with Gasteiger partial charge in [0.1, 0.15) is 17.3 Å². The van der Waals surface area contributed by atoms with E-state index < -0.39 is 12.1 Å². The fraction of sp³-hybridized carbons (Fsp3) is 0.125. The molecule has 1 unspecified atom stereocenters. The second kappa shape index (κ2) is 4.96. The average Bonchev–Trinajstić information content (AvgIpc) is 3.11. The maximum atomic E-state index is 13.4. The molecule has 0 saturated carbocycles. The maximum absolute atomic E-state index is 13.4. The molecule has 23 heavy (non-hydrogen) atoms. The Morgan fingerprint density at radius 1 is 1.39 bits per heavy atom. The minimum atomic E-state index is -1.07. The highest BCUT2D eigenvalue weighted by Crippen LogP contribution is 2.43. The van der Waals surface area contributed by atoms with Crippen molar-refractivity contribution in [2.45, 2.75) is 12.5 Å². The minimum absolute atomic E-state index is 0.138. The molecule has 116 valence electrons. The molecule has 1 atom stereocenters. The molecular weight excluding hydrogens is 325 g/mol. The third-order valence-corrected chi connectivity index (χ3v) is 4.07. The third-order valence-electron chi connectivity index (χ3n) is 3.79. The Hall–Kier alpha value is -2.60. The van der Waals surface area contributed by atoms with Gasteiger partial charge < -0.3 is 14.4 Å². The molecule has 4 rings (SSSR count). The summed E-state index contributed by atoms with van der Waals surface area (Å²) >= 11 is 6.20. The number of aliphatic carboxylic acids is 1. The van der Waals surface area contributed by atoms with Crippen LogP contribution in [0.1, 0.15) is 5.56 Å².